The molecular weight excluding hydrogens is 294 g/mol. The van der Waals surface area contributed by atoms with Crippen LogP contribution in [0.15, 0.2) is 18.2 Å². The van der Waals surface area contributed by atoms with Crippen LogP contribution in [0.2, 0.25) is 0 Å². The van der Waals surface area contributed by atoms with Crippen molar-refractivity contribution in [2.75, 3.05) is 0 Å². The van der Waals surface area contributed by atoms with Gasteiger partial charge in [-0.2, -0.15) is 26.3 Å². The van der Waals surface area contributed by atoms with Crippen LogP contribution in [0.25, 0.3) is 6.08 Å². The molecule has 1 aromatic carbocycles. The molecule has 0 atom stereocenters. The monoisotopic (exact) mass is 300 g/mol. The van der Waals surface area contributed by atoms with E-state index in [1.54, 1.807) is 0 Å². The molecule has 1 aromatic rings. The molecule has 0 saturated heterocycles. The second kappa shape index (κ2) is 5.06. The van der Waals surface area contributed by atoms with Crippen LogP contribution in [-0.4, -0.2) is 16.2 Å². The van der Waals surface area contributed by atoms with E-state index in [2.05, 4.69) is 0 Å². The smallest absolute Gasteiger partial charge is 0.420 e. The first-order valence-electron chi connectivity index (χ1n) is 4.85. The van der Waals surface area contributed by atoms with Crippen molar-refractivity contribution in [2.45, 2.75) is 12.4 Å². The number of aromatic hydroxyl groups is 1. The molecule has 0 bridgehead atoms. The molecule has 20 heavy (non-hydrogen) atoms. The molecule has 3 nitrogen and oxygen atoms in total. The third-order valence-electron chi connectivity index (χ3n) is 2.15. The first-order valence-corrected chi connectivity index (χ1v) is 4.85. The Morgan fingerprint density at radius 3 is 2.00 bits per heavy atom. The van der Waals surface area contributed by atoms with E-state index in [-0.39, 0.29) is 6.07 Å². The molecule has 0 saturated carbocycles. The molecule has 2 N–H and O–H groups in total. The molecular formula is C11H6F6O3. The molecule has 0 aliphatic carbocycles. The normalized spacial score (nSPS) is 12.9. The van der Waals surface area contributed by atoms with Crippen molar-refractivity contribution >= 4 is 12.0 Å². The number of rotatable bonds is 2. The van der Waals surface area contributed by atoms with Crippen LogP contribution < -0.4 is 0 Å². The summed E-state index contributed by atoms with van der Waals surface area (Å²) in [5, 5.41) is 17.4. The maximum Gasteiger partial charge on any atom is 0.420 e. The Labute approximate surface area is 107 Å². The van der Waals surface area contributed by atoms with Crippen LogP contribution in [0, 0.1) is 0 Å². The van der Waals surface area contributed by atoms with Gasteiger partial charge in [0.15, 0.2) is 0 Å². The lowest BCUT2D eigenvalue weighted by Crippen LogP contribution is -2.17. The Kier molecular flexibility index (Phi) is 4.02. The minimum atomic E-state index is -5.40. The summed E-state index contributed by atoms with van der Waals surface area (Å²) in [6, 6.07) is 0.513. The molecule has 0 amide bonds. The van der Waals surface area contributed by atoms with Crippen molar-refractivity contribution in [1.29, 1.82) is 0 Å². The van der Waals surface area contributed by atoms with Crippen molar-refractivity contribution in [3.63, 3.8) is 0 Å². The Bertz CT molecular complexity index is 557. The molecule has 0 heterocycles. The van der Waals surface area contributed by atoms with Crippen molar-refractivity contribution in [2.24, 2.45) is 0 Å². The highest BCUT2D eigenvalue weighted by Crippen LogP contribution is 2.45. The Morgan fingerprint density at radius 2 is 1.60 bits per heavy atom. The maximum atomic E-state index is 12.6. The molecule has 0 spiro atoms. The average molecular weight is 300 g/mol. The second-order valence-electron chi connectivity index (χ2n) is 3.63. The number of halogens is 6. The number of alkyl halides is 6. The summed E-state index contributed by atoms with van der Waals surface area (Å²) in [4.78, 5) is 10.2. The fourth-order valence-corrected chi connectivity index (χ4v) is 1.43. The summed E-state index contributed by atoms with van der Waals surface area (Å²) >= 11 is 0. The standard InChI is InChI=1S/C11H6F6O3/c12-10(13,14)6-3-5(1-2-8(19)20)4-7(18)9(6)11(15,16)17/h1-4,18H,(H,19,20)/b2-1+. The van der Waals surface area contributed by atoms with Gasteiger partial charge in [-0.05, 0) is 23.8 Å². The zero-order valence-electron chi connectivity index (χ0n) is 9.38. The van der Waals surface area contributed by atoms with E-state index in [1.807, 2.05) is 0 Å². The molecule has 1 rings (SSSR count). The predicted molar refractivity (Wildman–Crippen MR) is 54.8 cm³/mol. The summed E-state index contributed by atoms with van der Waals surface area (Å²) in [5.74, 6) is -3.13. The molecule has 0 aliphatic rings. The number of hydrogen-bond donors (Lipinski definition) is 2. The van der Waals surface area contributed by atoms with Gasteiger partial charge in [0.25, 0.3) is 0 Å². The molecule has 0 aliphatic heterocycles. The van der Waals surface area contributed by atoms with Crippen LogP contribution in [0.4, 0.5) is 26.3 Å². The van der Waals surface area contributed by atoms with E-state index in [0.29, 0.717) is 18.2 Å². The number of aliphatic carboxylic acids is 1. The van der Waals surface area contributed by atoms with Gasteiger partial charge >= 0.3 is 18.3 Å². The number of carboxylic acid groups (broad SMARTS) is 1. The van der Waals surface area contributed by atoms with Crippen molar-refractivity contribution in [1.82, 2.24) is 0 Å². The highest BCUT2D eigenvalue weighted by atomic mass is 19.4. The maximum absolute atomic E-state index is 12.6. The molecule has 0 unspecified atom stereocenters. The Morgan fingerprint density at radius 1 is 1.05 bits per heavy atom. The highest BCUT2D eigenvalue weighted by Gasteiger charge is 2.45. The molecule has 0 fully saturated rings. The summed E-state index contributed by atoms with van der Waals surface area (Å²) in [6.07, 6.45) is -9.68. The summed E-state index contributed by atoms with van der Waals surface area (Å²) in [7, 11) is 0. The SMILES string of the molecule is O=C(O)/C=C/c1cc(O)c(C(F)(F)F)c(C(F)(F)F)c1. The topological polar surface area (TPSA) is 57.5 Å². The second-order valence-corrected chi connectivity index (χ2v) is 3.63. The van der Waals surface area contributed by atoms with Gasteiger partial charge in [0.2, 0.25) is 0 Å². The van der Waals surface area contributed by atoms with Gasteiger partial charge in [0.05, 0.1) is 5.56 Å². The molecule has 0 radical (unpaired) electrons. The lowest BCUT2D eigenvalue weighted by atomic mass is 10.0. The first kappa shape index (κ1) is 15.9. The average Bonchev–Trinajstić information content (AvgIpc) is 2.22. The van der Waals surface area contributed by atoms with Gasteiger partial charge in [-0.3, -0.25) is 0 Å². The third kappa shape index (κ3) is 3.65. The van der Waals surface area contributed by atoms with Crippen LogP contribution in [0.3, 0.4) is 0 Å². The van der Waals surface area contributed by atoms with Gasteiger partial charge in [-0.15, -0.1) is 0 Å². The van der Waals surface area contributed by atoms with Crippen molar-refractivity contribution in [3.8, 4) is 5.75 Å². The van der Waals surface area contributed by atoms with E-state index in [0.717, 1.165) is 0 Å². The van der Waals surface area contributed by atoms with Crippen molar-refractivity contribution < 1.29 is 41.4 Å². The summed E-state index contributed by atoms with van der Waals surface area (Å²) in [6.45, 7) is 0. The Hall–Kier alpha value is -2.19. The third-order valence-corrected chi connectivity index (χ3v) is 2.15. The van der Waals surface area contributed by atoms with Crippen LogP contribution in [0.1, 0.15) is 16.7 Å². The van der Waals surface area contributed by atoms with Gasteiger partial charge < -0.3 is 10.2 Å². The van der Waals surface area contributed by atoms with Crippen LogP contribution >= 0.6 is 0 Å². The zero-order valence-corrected chi connectivity index (χ0v) is 9.38. The number of phenolic OH excluding ortho intramolecular Hbond substituents is 1. The van der Waals surface area contributed by atoms with Crippen molar-refractivity contribution in [3.05, 3.63) is 34.9 Å². The van der Waals surface area contributed by atoms with E-state index in [4.69, 9.17) is 10.2 Å². The minimum Gasteiger partial charge on any atom is -0.507 e. The lowest BCUT2D eigenvalue weighted by Gasteiger charge is -2.17. The quantitative estimate of drug-likeness (QED) is 0.649. The number of carbonyl (C=O) groups is 1. The molecule has 110 valence electrons. The van der Waals surface area contributed by atoms with Gasteiger partial charge in [-0.1, -0.05) is 0 Å². The van der Waals surface area contributed by atoms with Gasteiger partial charge in [0, 0.05) is 6.08 Å². The fourth-order valence-electron chi connectivity index (χ4n) is 1.43. The first-order chi connectivity index (χ1) is 8.93. The van der Waals surface area contributed by atoms with Crippen LogP contribution in [-0.2, 0) is 17.1 Å². The van der Waals surface area contributed by atoms with Gasteiger partial charge in [-0.25, -0.2) is 4.79 Å². The minimum absolute atomic E-state index is 0.113. The zero-order chi connectivity index (χ0) is 15.7. The van der Waals surface area contributed by atoms with Gasteiger partial charge in [0.1, 0.15) is 11.3 Å². The summed E-state index contributed by atoms with van der Waals surface area (Å²) < 4.78 is 75.3. The van der Waals surface area contributed by atoms with Crippen LogP contribution in [0.5, 0.6) is 5.75 Å². The fraction of sp³-hybridized carbons (Fsp3) is 0.182. The number of benzene rings is 1. The number of hydrogen-bond acceptors (Lipinski definition) is 2. The van der Waals surface area contributed by atoms with E-state index in [9.17, 15) is 31.1 Å². The predicted octanol–water partition coefficient (Wildman–Crippen LogP) is 3.53. The van der Waals surface area contributed by atoms with E-state index < -0.39 is 40.8 Å². The largest absolute Gasteiger partial charge is 0.507 e. The lowest BCUT2D eigenvalue weighted by molar-refractivity contribution is -0.163. The molecule has 9 heteroatoms. The number of phenols is 1. The Balaban J connectivity index is 3.54. The molecule has 0 aromatic heterocycles. The number of carboxylic acids is 1. The van der Waals surface area contributed by atoms with E-state index in [1.165, 1.54) is 0 Å². The highest BCUT2D eigenvalue weighted by molar-refractivity contribution is 5.85. The summed E-state index contributed by atoms with van der Waals surface area (Å²) in [5.41, 5.74) is -4.82. The van der Waals surface area contributed by atoms with E-state index >= 15 is 0 Å².